The third-order valence-corrected chi connectivity index (χ3v) is 6.81. The van der Waals surface area contributed by atoms with Crippen LogP contribution in [0.4, 0.5) is 0 Å². The summed E-state index contributed by atoms with van der Waals surface area (Å²) in [5.74, 6) is -0.678. The van der Waals surface area contributed by atoms with Crippen molar-refractivity contribution >= 4 is 29.2 Å². The van der Waals surface area contributed by atoms with Crippen molar-refractivity contribution in [3.05, 3.63) is 41.0 Å². The van der Waals surface area contributed by atoms with E-state index in [2.05, 4.69) is 15.3 Å². The van der Waals surface area contributed by atoms with Crippen LogP contribution >= 0.6 is 11.3 Å². The molecule has 1 saturated heterocycles. The Balaban J connectivity index is 1.65. The molecule has 1 aromatic carbocycles. The molecule has 1 aromatic heterocycles. The molecule has 170 valence electrons. The van der Waals surface area contributed by atoms with Crippen LogP contribution in [-0.2, 0) is 20.9 Å². The van der Waals surface area contributed by atoms with Gasteiger partial charge in [-0.3, -0.25) is 9.59 Å². The Morgan fingerprint density at radius 3 is 2.69 bits per heavy atom. The Bertz CT molecular complexity index is 1010. The molecule has 8 nitrogen and oxygen atoms in total. The number of amides is 2. The zero-order chi connectivity index (χ0) is 23.3. The molecule has 1 unspecified atom stereocenters. The van der Waals surface area contributed by atoms with Crippen molar-refractivity contribution in [2.75, 3.05) is 13.2 Å². The van der Waals surface area contributed by atoms with Crippen LogP contribution in [0.2, 0.25) is 0 Å². The summed E-state index contributed by atoms with van der Waals surface area (Å²) >= 11 is 1.59. The highest BCUT2D eigenvalue weighted by Gasteiger charge is 2.42. The van der Waals surface area contributed by atoms with Gasteiger partial charge in [-0.1, -0.05) is 38.1 Å². The minimum atomic E-state index is -1.08. The molecule has 0 spiro atoms. The number of likely N-dealkylation sites (tertiary alicyclic amines) is 1. The number of hydrogen-bond donors (Lipinski definition) is 2. The first-order valence-electron chi connectivity index (χ1n) is 10.5. The standard InChI is InChI=1S/C23H28N4O4S/c1-15-19(32-14-26-15)17-8-6-16(7-9-17)11-24-21(30)18-5-4-10-27(18)22(31)20(25-13-29)23(2,3)12-28/h6-9,14,18,20,28H,4-5,10-12H2,1-3H3,(H,24,30)/t18?,20-/m1/s1. The van der Waals surface area contributed by atoms with Crippen LogP contribution in [0.15, 0.2) is 34.8 Å². The Labute approximate surface area is 191 Å². The van der Waals surface area contributed by atoms with Gasteiger partial charge in [0.1, 0.15) is 12.1 Å². The van der Waals surface area contributed by atoms with E-state index in [1.54, 1.807) is 25.2 Å². The van der Waals surface area contributed by atoms with Crippen LogP contribution in [0.1, 0.15) is 37.9 Å². The van der Waals surface area contributed by atoms with Crippen LogP contribution < -0.4 is 5.32 Å². The van der Waals surface area contributed by atoms with Gasteiger partial charge in [-0.25, -0.2) is 9.78 Å². The summed E-state index contributed by atoms with van der Waals surface area (Å²) in [6, 6.07) is 6.23. The van der Waals surface area contributed by atoms with E-state index in [1.165, 1.54) is 11.0 Å². The van der Waals surface area contributed by atoms with Gasteiger partial charge in [-0.15, -0.1) is 11.3 Å². The lowest BCUT2D eigenvalue weighted by Gasteiger charge is -2.33. The van der Waals surface area contributed by atoms with Gasteiger partial charge in [0, 0.05) is 18.5 Å². The van der Waals surface area contributed by atoms with E-state index in [0.717, 1.165) is 21.7 Å². The molecule has 1 aliphatic rings. The monoisotopic (exact) mass is 456 g/mol. The lowest BCUT2D eigenvalue weighted by molar-refractivity contribution is -0.141. The molecule has 9 heteroatoms. The second-order valence-electron chi connectivity index (χ2n) is 8.64. The van der Waals surface area contributed by atoms with Crippen LogP contribution in [0, 0.1) is 12.3 Å². The number of carbonyl (C=O) groups excluding carboxylic acids is 3. The number of thiazole rings is 1. The van der Waals surface area contributed by atoms with E-state index >= 15 is 0 Å². The number of aryl methyl sites for hydroxylation is 1. The third-order valence-electron chi connectivity index (χ3n) is 5.83. The highest BCUT2D eigenvalue weighted by molar-refractivity contribution is 7.13. The topological polar surface area (TPSA) is 112 Å². The van der Waals surface area contributed by atoms with Gasteiger partial charge in [-0.2, -0.15) is 4.99 Å². The maximum atomic E-state index is 13.1. The van der Waals surface area contributed by atoms with Gasteiger partial charge in [0.25, 0.3) is 0 Å². The second kappa shape index (κ2) is 10.2. The molecule has 2 amide bonds. The number of aromatic nitrogens is 1. The Hall–Kier alpha value is -2.87. The van der Waals surface area contributed by atoms with Crippen molar-refractivity contribution in [3.8, 4) is 10.4 Å². The first-order valence-corrected chi connectivity index (χ1v) is 11.4. The summed E-state index contributed by atoms with van der Waals surface area (Å²) in [6.07, 6.45) is 2.66. The molecule has 1 aliphatic heterocycles. The maximum Gasteiger partial charge on any atom is 0.249 e. The zero-order valence-electron chi connectivity index (χ0n) is 18.5. The molecule has 32 heavy (non-hydrogen) atoms. The summed E-state index contributed by atoms with van der Waals surface area (Å²) in [4.78, 5) is 47.3. The van der Waals surface area contributed by atoms with Gasteiger partial charge in [-0.05, 0) is 30.9 Å². The lowest BCUT2D eigenvalue weighted by Crippen LogP contribution is -2.52. The summed E-state index contributed by atoms with van der Waals surface area (Å²) in [7, 11) is 0. The number of hydrogen-bond acceptors (Lipinski definition) is 7. The maximum absolute atomic E-state index is 13.1. The van der Waals surface area contributed by atoms with Crippen molar-refractivity contribution in [2.24, 2.45) is 10.4 Å². The average Bonchev–Trinajstić information content (AvgIpc) is 3.45. The largest absolute Gasteiger partial charge is 0.396 e. The second-order valence-corrected chi connectivity index (χ2v) is 9.50. The first kappa shape index (κ1) is 23.8. The number of aliphatic imine (C=N–C) groups is 1. The van der Waals surface area contributed by atoms with Crippen molar-refractivity contribution in [1.29, 1.82) is 0 Å². The number of rotatable bonds is 8. The first-order chi connectivity index (χ1) is 15.3. The molecule has 2 atom stereocenters. The normalized spacial score (nSPS) is 17.0. The zero-order valence-corrected chi connectivity index (χ0v) is 19.3. The minimum absolute atomic E-state index is 0.242. The van der Waals surface area contributed by atoms with E-state index in [0.29, 0.717) is 25.9 Å². The van der Waals surface area contributed by atoms with Crippen molar-refractivity contribution < 1.29 is 19.5 Å². The molecule has 1 fully saturated rings. The average molecular weight is 457 g/mol. The van der Waals surface area contributed by atoms with E-state index in [-0.39, 0.29) is 12.5 Å². The number of aliphatic hydroxyl groups is 1. The molecule has 2 heterocycles. The highest BCUT2D eigenvalue weighted by Crippen LogP contribution is 2.29. The summed E-state index contributed by atoms with van der Waals surface area (Å²) < 4.78 is 0. The Morgan fingerprint density at radius 1 is 1.38 bits per heavy atom. The van der Waals surface area contributed by atoms with E-state index < -0.39 is 23.4 Å². The van der Waals surface area contributed by atoms with Crippen LogP contribution in [0.25, 0.3) is 10.4 Å². The van der Waals surface area contributed by atoms with Crippen LogP contribution in [0.3, 0.4) is 0 Å². The highest BCUT2D eigenvalue weighted by atomic mass is 32.1. The van der Waals surface area contributed by atoms with Crippen LogP contribution in [0.5, 0.6) is 0 Å². The number of nitrogens with zero attached hydrogens (tertiary/aromatic N) is 3. The third kappa shape index (κ3) is 5.12. The smallest absolute Gasteiger partial charge is 0.249 e. The van der Waals surface area contributed by atoms with Gasteiger partial charge in [0.15, 0.2) is 0 Å². The van der Waals surface area contributed by atoms with E-state index in [4.69, 9.17) is 0 Å². The number of carbonyl (C=O) groups is 2. The Morgan fingerprint density at radius 2 is 2.09 bits per heavy atom. The van der Waals surface area contributed by atoms with Crippen molar-refractivity contribution in [2.45, 2.75) is 52.2 Å². The minimum Gasteiger partial charge on any atom is -0.396 e. The molecule has 0 radical (unpaired) electrons. The molecule has 2 aromatic rings. The molecular weight excluding hydrogens is 428 g/mol. The van der Waals surface area contributed by atoms with Gasteiger partial charge in [0.2, 0.25) is 17.9 Å². The fraction of sp³-hybridized carbons (Fsp3) is 0.478. The summed E-state index contributed by atoms with van der Waals surface area (Å²) in [6.45, 7) is 5.71. The fourth-order valence-corrected chi connectivity index (χ4v) is 4.64. The predicted octanol–water partition coefficient (Wildman–Crippen LogP) is 2.45. The lowest BCUT2D eigenvalue weighted by atomic mass is 9.84. The van der Waals surface area contributed by atoms with E-state index in [1.807, 2.05) is 36.7 Å². The molecule has 0 saturated carbocycles. The summed E-state index contributed by atoms with van der Waals surface area (Å²) in [5, 5.41) is 12.5. The molecule has 3 rings (SSSR count). The number of isocyanates is 1. The van der Waals surface area contributed by atoms with Gasteiger partial charge >= 0.3 is 0 Å². The molecular formula is C23H28N4O4S. The fourth-order valence-electron chi connectivity index (χ4n) is 3.82. The van der Waals surface area contributed by atoms with Gasteiger partial charge < -0.3 is 15.3 Å². The molecule has 0 bridgehead atoms. The SMILES string of the molecule is Cc1ncsc1-c1ccc(CNC(=O)C2CCCN2C(=O)[C@@H](N=C=O)C(C)(C)CO)cc1. The number of nitrogens with one attached hydrogen (secondary N) is 1. The number of benzene rings is 1. The molecule has 2 N–H and O–H groups in total. The molecule has 0 aliphatic carbocycles. The van der Waals surface area contributed by atoms with E-state index in [9.17, 15) is 19.5 Å². The quantitative estimate of drug-likeness (QED) is 0.468. The predicted molar refractivity (Wildman–Crippen MR) is 122 cm³/mol. The van der Waals surface area contributed by atoms with Crippen molar-refractivity contribution in [1.82, 2.24) is 15.2 Å². The number of aliphatic hydroxyl groups excluding tert-OH is 1. The van der Waals surface area contributed by atoms with Crippen molar-refractivity contribution in [3.63, 3.8) is 0 Å². The summed E-state index contributed by atoms with van der Waals surface area (Å²) in [5.41, 5.74) is 3.91. The van der Waals surface area contributed by atoms with Gasteiger partial charge in [0.05, 0.1) is 22.7 Å². The van der Waals surface area contributed by atoms with Crippen LogP contribution in [-0.4, -0.2) is 58.1 Å². The Kier molecular flexibility index (Phi) is 7.56.